The molecule has 2 aliphatic rings. The molecule has 4 rings (SSSR count). The zero-order chi connectivity index (χ0) is 23.1. The zero-order valence-electron chi connectivity index (χ0n) is 18.2. The van der Waals surface area contributed by atoms with Gasteiger partial charge >= 0.3 is 12.1 Å². The van der Waals surface area contributed by atoms with Crippen LogP contribution in [0.2, 0.25) is 0 Å². The highest BCUT2D eigenvalue weighted by molar-refractivity contribution is 5.86. The van der Waals surface area contributed by atoms with Crippen molar-refractivity contribution < 1.29 is 32.5 Å². The van der Waals surface area contributed by atoms with E-state index in [9.17, 15) is 13.2 Å². The van der Waals surface area contributed by atoms with Gasteiger partial charge in [-0.05, 0) is 75.2 Å². The van der Waals surface area contributed by atoms with Gasteiger partial charge in [-0.2, -0.15) is 13.2 Å². The number of benzene rings is 1. The lowest BCUT2D eigenvalue weighted by Crippen LogP contribution is -2.21. The molecule has 9 heteroatoms. The number of aryl methyl sites for hydroxylation is 2. The van der Waals surface area contributed by atoms with Gasteiger partial charge in [0.2, 0.25) is 0 Å². The summed E-state index contributed by atoms with van der Waals surface area (Å²) in [5.41, 5.74) is 3.88. The van der Waals surface area contributed by atoms with Crippen molar-refractivity contribution in [2.24, 2.45) is 0 Å². The minimum Gasteiger partial charge on any atom is -0.493 e. The molecule has 0 radical (unpaired) electrons. The Bertz CT molecular complexity index is 928. The van der Waals surface area contributed by atoms with E-state index in [-0.39, 0.29) is 0 Å². The number of alkyl halides is 3. The first-order valence-electron chi connectivity index (χ1n) is 10.9. The third kappa shape index (κ3) is 6.25. The number of rotatable bonds is 6. The van der Waals surface area contributed by atoms with Crippen LogP contribution >= 0.6 is 0 Å². The molecule has 0 atom stereocenters. The number of nitrogens with zero attached hydrogens (tertiary/aromatic N) is 2. The van der Waals surface area contributed by atoms with E-state index in [1.165, 1.54) is 55.3 Å². The highest BCUT2D eigenvalue weighted by Crippen LogP contribution is 2.36. The van der Waals surface area contributed by atoms with Gasteiger partial charge in [0.15, 0.2) is 11.5 Å². The molecule has 1 aliphatic carbocycles. The summed E-state index contributed by atoms with van der Waals surface area (Å²) in [4.78, 5) is 16.1. The van der Waals surface area contributed by atoms with Crippen LogP contribution in [0, 0.1) is 0 Å². The SMILES string of the molecule is COc1cc2c3c(cnc2cc1OCCCN1CCCC1)CCCC3.O=C(O)C(F)(F)F. The Kier molecular flexibility index (Phi) is 8.17. The fraction of sp³-hybridized carbons (Fsp3) is 0.565. The molecule has 2 aromatic rings. The number of carboxylic acid groups (broad SMARTS) is 1. The molecule has 0 amide bonds. The maximum absolute atomic E-state index is 10.6. The van der Waals surface area contributed by atoms with Crippen LogP contribution < -0.4 is 9.47 Å². The quantitative estimate of drug-likeness (QED) is 0.643. The van der Waals surface area contributed by atoms with Crippen LogP contribution in [-0.2, 0) is 17.6 Å². The molecule has 1 aliphatic heterocycles. The van der Waals surface area contributed by atoms with Gasteiger partial charge in [0.1, 0.15) is 0 Å². The topological polar surface area (TPSA) is 71.9 Å². The summed E-state index contributed by atoms with van der Waals surface area (Å²) >= 11 is 0. The standard InChI is InChI=1S/C21H28N2O2.C2HF3O2/c1-24-20-13-18-17-8-3-2-7-16(17)15-22-19(18)14-21(20)25-12-6-11-23-9-4-5-10-23;3-2(4,5)1(6)7/h13-15H,2-12H2,1H3;(H,6,7). The van der Waals surface area contributed by atoms with Crippen molar-refractivity contribution >= 4 is 16.9 Å². The van der Waals surface area contributed by atoms with Gasteiger partial charge < -0.3 is 19.5 Å². The number of fused-ring (bicyclic) bond motifs is 3. The summed E-state index contributed by atoms with van der Waals surface area (Å²) in [6.07, 6.45) is 5.55. The van der Waals surface area contributed by atoms with Crippen LogP contribution in [0.4, 0.5) is 13.2 Å². The number of ether oxygens (including phenoxy) is 2. The Morgan fingerprint density at radius 1 is 1.12 bits per heavy atom. The molecule has 0 spiro atoms. The van der Waals surface area contributed by atoms with E-state index in [0.29, 0.717) is 0 Å². The third-order valence-electron chi connectivity index (χ3n) is 5.79. The van der Waals surface area contributed by atoms with Gasteiger partial charge in [0.25, 0.3) is 0 Å². The lowest BCUT2D eigenvalue weighted by atomic mass is 9.90. The van der Waals surface area contributed by atoms with E-state index in [1.807, 2.05) is 0 Å². The van der Waals surface area contributed by atoms with Crippen LogP contribution in [0.1, 0.15) is 43.2 Å². The Labute approximate surface area is 185 Å². The molecule has 1 aromatic heterocycles. The second-order valence-corrected chi connectivity index (χ2v) is 8.04. The van der Waals surface area contributed by atoms with Gasteiger partial charge in [-0.3, -0.25) is 4.98 Å². The normalized spacial score (nSPS) is 16.2. The number of methoxy groups -OCH3 is 1. The summed E-state index contributed by atoms with van der Waals surface area (Å²) in [6.45, 7) is 4.34. The highest BCUT2D eigenvalue weighted by atomic mass is 19.4. The molecule has 0 bridgehead atoms. The van der Waals surface area contributed by atoms with Crippen molar-refractivity contribution in [3.63, 3.8) is 0 Å². The molecule has 176 valence electrons. The van der Waals surface area contributed by atoms with Crippen molar-refractivity contribution in [3.8, 4) is 11.5 Å². The molecule has 2 heterocycles. The summed E-state index contributed by atoms with van der Waals surface area (Å²) in [5, 5.41) is 8.36. The first-order valence-corrected chi connectivity index (χ1v) is 10.9. The Morgan fingerprint density at radius 3 is 2.47 bits per heavy atom. The molecule has 0 saturated carbocycles. The molecule has 1 aromatic carbocycles. The maximum atomic E-state index is 10.6. The lowest BCUT2D eigenvalue weighted by molar-refractivity contribution is -0.192. The number of carboxylic acids is 1. The predicted molar refractivity (Wildman–Crippen MR) is 114 cm³/mol. The summed E-state index contributed by atoms with van der Waals surface area (Å²) in [7, 11) is 1.72. The summed E-state index contributed by atoms with van der Waals surface area (Å²) < 4.78 is 43.4. The first kappa shape index (κ1) is 24.1. The van der Waals surface area contributed by atoms with E-state index in [0.717, 1.165) is 49.4 Å². The molecule has 32 heavy (non-hydrogen) atoms. The van der Waals surface area contributed by atoms with E-state index in [4.69, 9.17) is 19.4 Å². The van der Waals surface area contributed by atoms with Crippen LogP contribution in [0.25, 0.3) is 10.9 Å². The minimum atomic E-state index is -5.08. The smallest absolute Gasteiger partial charge is 0.490 e. The fourth-order valence-electron chi connectivity index (χ4n) is 4.17. The number of hydrogen-bond donors (Lipinski definition) is 1. The van der Waals surface area contributed by atoms with Crippen molar-refractivity contribution in [2.75, 3.05) is 33.4 Å². The van der Waals surface area contributed by atoms with Crippen molar-refractivity contribution in [2.45, 2.75) is 51.1 Å². The summed E-state index contributed by atoms with van der Waals surface area (Å²) in [5.74, 6) is -1.11. The highest BCUT2D eigenvalue weighted by Gasteiger charge is 2.38. The maximum Gasteiger partial charge on any atom is 0.490 e. The van der Waals surface area contributed by atoms with Crippen LogP contribution in [0.3, 0.4) is 0 Å². The van der Waals surface area contributed by atoms with Crippen molar-refractivity contribution in [1.29, 1.82) is 0 Å². The monoisotopic (exact) mass is 454 g/mol. The number of aromatic nitrogens is 1. The van der Waals surface area contributed by atoms with Gasteiger partial charge in [-0.15, -0.1) is 0 Å². The zero-order valence-corrected chi connectivity index (χ0v) is 18.2. The number of aliphatic carboxylic acids is 1. The Hall–Kier alpha value is -2.55. The number of carbonyl (C=O) groups is 1. The molecule has 0 unspecified atom stereocenters. The molecular weight excluding hydrogens is 425 g/mol. The molecule has 1 fully saturated rings. The molecular formula is C23H29F3N2O4. The van der Waals surface area contributed by atoms with Crippen molar-refractivity contribution in [1.82, 2.24) is 9.88 Å². The number of likely N-dealkylation sites (tertiary alicyclic amines) is 1. The third-order valence-corrected chi connectivity index (χ3v) is 5.79. The number of pyridine rings is 1. The van der Waals surface area contributed by atoms with Crippen LogP contribution in [-0.4, -0.2) is 60.5 Å². The Morgan fingerprint density at radius 2 is 1.81 bits per heavy atom. The predicted octanol–water partition coefficient (Wildman–Crippen LogP) is 4.62. The van der Waals surface area contributed by atoms with E-state index < -0.39 is 12.1 Å². The molecule has 1 N–H and O–H groups in total. The second-order valence-electron chi connectivity index (χ2n) is 8.04. The van der Waals surface area contributed by atoms with Gasteiger partial charge in [0, 0.05) is 24.2 Å². The minimum absolute atomic E-state index is 0.726. The van der Waals surface area contributed by atoms with Crippen LogP contribution in [0.5, 0.6) is 11.5 Å². The van der Waals surface area contributed by atoms with Crippen LogP contribution in [0.15, 0.2) is 18.3 Å². The lowest BCUT2D eigenvalue weighted by Gasteiger charge is -2.19. The second kappa shape index (κ2) is 10.8. The van der Waals surface area contributed by atoms with Gasteiger partial charge in [0.05, 0.1) is 19.2 Å². The van der Waals surface area contributed by atoms with E-state index in [1.54, 1.807) is 7.11 Å². The Balaban J connectivity index is 0.000000360. The summed E-state index contributed by atoms with van der Waals surface area (Å²) in [6, 6.07) is 4.18. The van der Waals surface area contributed by atoms with Crippen molar-refractivity contribution in [3.05, 3.63) is 29.5 Å². The average Bonchev–Trinajstić information content (AvgIpc) is 3.29. The van der Waals surface area contributed by atoms with E-state index >= 15 is 0 Å². The fourth-order valence-corrected chi connectivity index (χ4v) is 4.17. The van der Waals surface area contributed by atoms with Gasteiger partial charge in [-0.1, -0.05) is 0 Å². The largest absolute Gasteiger partial charge is 0.493 e. The average molecular weight is 454 g/mol. The van der Waals surface area contributed by atoms with Gasteiger partial charge in [-0.25, -0.2) is 4.79 Å². The molecule has 6 nitrogen and oxygen atoms in total. The number of hydrogen-bond acceptors (Lipinski definition) is 5. The first-order chi connectivity index (χ1) is 15.3. The van der Waals surface area contributed by atoms with E-state index in [2.05, 4.69) is 28.2 Å². The molecule has 1 saturated heterocycles. The number of halogens is 3.